The van der Waals surface area contributed by atoms with E-state index >= 15 is 0 Å². The maximum absolute atomic E-state index is 12.4. The summed E-state index contributed by atoms with van der Waals surface area (Å²) >= 11 is 2.14. The second kappa shape index (κ2) is 9.73. The lowest BCUT2D eigenvalue weighted by Crippen LogP contribution is -2.13. The van der Waals surface area contributed by atoms with Crippen LogP contribution in [0.2, 0.25) is 0 Å². The second-order valence-corrected chi connectivity index (χ2v) is 6.61. The lowest BCUT2D eigenvalue weighted by Gasteiger charge is -2.10. The molecule has 138 valence electrons. The number of hydrogen-bond acceptors (Lipinski definition) is 5. The van der Waals surface area contributed by atoms with Crippen LogP contribution in [0.25, 0.3) is 6.08 Å². The van der Waals surface area contributed by atoms with Crippen molar-refractivity contribution in [2.45, 2.75) is 13.8 Å². The van der Waals surface area contributed by atoms with Crippen LogP contribution in [0.15, 0.2) is 48.0 Å². The standard InChI is InChI=1S/C20H17IN2O4/c1-3-26-19-10-14(7-8-18(19)27-13(2)24)9-15(12-22)20(25)23-17-6-4-5-16(21)11-17/h4-11H,3H2,1-2H3,(H,23,25)/b15-9+. The van der Waals surface area contributed by atoms with Gasteiger partial charge in [0.15, 0.2) is 11.5 Å². The number of nitriles is 1. The number of rotatable bonds is 6. The third-order valence-corrected chi connectivity index (χ3v) is 3.95. The molecule has 7 heteroatoms. The minimum atomic E-state index is -0.512. The lowest BCUT2D eigenvalue weighted by atomic mass is 10.1. The molecule has 2 rings (SSSR count). The summed E-state index contributed by atoms with van der Waals surface area (Å²) in [6.07, 6.45) is 1.45. The van der Waals surface area contributed by atoms with Crippen molar-refractivity contribution < 1.29 is 19.1 Å². The van der Waals surface area contributed by atoms with Crippen LogP contribution in [-0.4, -0.2) is 18.5 Å². The molecule has 2 aromatic rings. The monoisotopic (exact) mass is 476 g/mol. The predicted octanol–water partition coefficient (Wildman–Crippen LogP) is 4.16. The molecule has 1 amide bonds. The highest BCUT2D eigenvalue weighted by Crippen LogP contribution is 2.29. The largest absolute Gasteiger partial charge is 0.490 e. The number of carbonyl (C=O) groups excluding carboxylic acids is 2. The van der Waals surface area contributed by atoms with E-state index in [9.17, 15) is 14.9 Å². The highest BCUT2D eigenvalue weighted by molar-refractivity contribution is 14.1. The van der Waals surface area contributed by atoms with E-state index in [0.29, 0.717) is 23.6 Å². The van der Waals surface area contributed by atoms with Gasteiger partial charge in [-0.2, -0.15) is 5.26 Å². The molecule has 0 saturated carbocycles. The van der Waals surface area contributed by atoms with Gasteiger partial charge in [-0.3, -0.25) is 9.59 Å². The number of anilines is 1. The Morgan fingerprint density at radius 3 is 2.63 bits per heavy atom. The Balaban J connectivity index is 2.28. The number of carbonyl (C=O) groups is 2. The van der Waals surface area contributed by atoms with Crippen LogP contribution >= 0.6 is 22.6 Å². The highest BCUT2D eigenvalue weighted by Gasteiger charge is 2.12. The summed E-state index contributed by atoms with van der Waals surface area (Å²) < 4.78 is 11.5. The summed E-state index contributed by atoms with van der Waals surface area (Å²) in [6.45, 7) is 3.47. The molecule has 6 nitrogen and oxygen atoms in total. The predicted molar refractivity (Wildman–Crippen MR) is 110 cm³/mol. The van der Waals surface area contributed by atoms with Crippen LogP contribution in [0.4, 0.5) is 5.69 Å². The van der Waals surface area contributed by atoms with E-state index < -0.39 is 11.9 Å². The van der Waals surface area contributed by atoms with Crippen LogP contribution < -0.4 is 14.8 Å². The van der Waals surface area contributed by atoms with Gasteiger partial charge in [-0.25, -0.2) is 0 Å². The molecule has 0 aromatic heterocycles. The van der Waals surface area contributed by atoms with Crippen molar-refractivity contribution in [1.29, 1.82) is 5.26 Å². The number of ether oxygens (including phenoxy) is 2. The van der Waals surface area contributed by atoms with Gasteiger partial charge >= 0.3 is 5.97 Å². The minimum absolute atomic E-state index is 0.0588. The quantitative estimate of drug-likeness (QED) is 0.223. The zero-order valence-electron chi connectivity index (χ0n) is 14.8. The summed E-state index contributed by atoms with van der Waals surface area (Å²) in [5.74, 6) is -0.338. The van der Waals surface area contributed by atoms with Crippen molar-refractivity contribution in [3.63, 3.8) is 0 Å². The van der Waals surface area contributed by atoms with E-state index in [1.54, 1.807) is 37.3 Å². The van der Waals surface area contributed by atoms with Crippen molar-refractivity contribution in [2.75, 3.05) is 11.9 Å². The van der Waals surface area contributed by atoms with E-state index in [4.69, 9.17) is 9.47 Å². The number of amides is 1. The zero-order valence-corrected chi connectivity index (χ0v) is 16.9. The van der Waals surface area contributed by atoms with Crippen LogP contribution in [0.3, 0.4) is 0 Å². The first-order valence-corrected chi connectivity index (χ1v) is 9.14. The third-order valence-electron chi connectivity index (χ3n) is 3.28. The van der Waals surface area contributed by atoms with Gasteiger partial charge in [-0.05, 0) is 71.5 Å². The van der Waals surface area contributed by atoms with Crippen LogP contribution in [0, 0.1) is 14.9 Å². The number of hydrogen-bond donors (Lipinski definition) is 1. The van der Waals surface area contributed by atoms with Gasteiger partial charge in [0.1, 0.15) is 11.6 Å². The molecule has 0 aliphatic carbocycles. The molecule has 0 aliphatic heterocycles. The molecular weight excluding hydrogens is 459 g/mol. The van der Waals surface area contributed by atoms with Gasteiger partial charge in [0.05, 0.1) is 6.61 Å². The molecule has 0 radical (unpaired) electrons. The van der Waals surface area contributed by atoms with Crippen LogP contribution in [0.5, 0.6) is 11.5 Å². The molecule has 0 saturated heterocycles. The Kier molecular flexibility index (Phi) is 7.37. The number of nitrogens with one attached hydrogen (secondary N) is 1. The SMILES string of the molecule is CCOc1cc(/C=C(\C#N)C(=O)Nc2cccc(I)c2)ccc1OC(C)=O. The highest BCUT2D eigenvalue weighted by atomic mass is 127. The average molecular weight is 476 g/mol. The van der Waals surface area contributed by atoms with Gasteiger partial charge in [-0.15, -0.1) is 0 Å². The first kappa shape index (κ1) is 20.5. The minimum Gasteiger partial charge on any atom is -0.490 e. The van der Waals surface area contributed by atoms with E-state index in [-0.39, 0.29) is 11.3 Å². The van der Waals surface area contributed by atoms with Crippen molar-refractivity contribution >= 4 is 46.2 Å². The summed E-state index contributed by atoms with van der Waals surface area (Å²) in [5, 5.41) is 12.1. The van der Waals surface area contributed by atoms with Gasteiger partial charge in [0.25, 0.3) is 5.91 Å². The zero-order chi connectivity index (χ0) is 19.8. The number of nitrogens with zero attached hydrogens (tertiary/aromatic N) is 1. The molecule has 2 aromatic carbocycles. The first-order valence-electron chi connectivity index (χ1n) is 8.07. The molecule has 0 atom stereocenters. The lowest BCUT2D eigenvalue weighted by molar-refractivity contribution is -0.132. The average Bonchev–Trinajstić information content (AvgIpc) is 2.61. The summed E-state index contributed by atoms with van der Waals surface area (Å²) in [6, 6.07) is 14.0. The first-order chi connectivity index (χ1) is 12.9. The number of esters is 1. The Labute approximate surface area is 170 Å². The van der Waals surface area contributed by atoms with Crippen LogP contribution in [0.1, 0.15) is 19.4 Å². The molecule has 1 N–H and O–H groups in total. The Morgan fingerprint density at radius 1 is 1.22 bits per heavy atom. The summed E-state index contributed by atoms with van der Waals surface area (Å²) in [7, 11) is 0. The number of halogens is 1. The smallest absolute Gasteiger partial charge is 0.308 e. The summed E-state index contributed by atoms with van der Waals surface area (Å²) in [5.41, 5.74) is 1.12. The summed E-state index contributed by atoms with van der Waals surface area (Å²) in [4.78, 5) is 23.6. The van der Waals surface area contributed by atoms with Gasteiger partial charge in [0, 0.05) is 16.2 Å². The van der Waals surface area contributed by atoms with E-state index in [0.717, 1.165) is 3.57 Å². The molecule has 0 heterocycles. The third kappa shape index (κ3) is 6.11. The van der Waals surface area contributed by atoms with E-state index in [1.807, 2.05) is 18.2 Å². The van der Waals surface area contributed by atoms with Crippen molar-refractivity contribution in [1.82, 2.24) is 0 Å². The normalized spacial score (nSPS) is 10.7. The number of benzene rings is 2. The second-order valence-electron chi connectivity index (χ2n) is 5.37. The topological polar surface area (TPSA) is 88.4 Å². The Hall–Kier alpha value is -2.86. The van der Waals surface area contributed by atoms with Crippen molar-refractivity contribution in [3.05, 3.63) is 57.2 Å². The molecular formula is C20H17IN2O4. The molecule has 0 fully saturated rings. The van der Waals surface area contributed by atoms with Crippen LogP contribution in [-0.2, 0) is 9.59 Å². The molecule has 0 unspecified atom stereocenters. The fourth-order valence-electron chi connectivity index (χ4n) is 2.20. The molecule has 0 aliphatic rings. The Bertz CT molecular complexity index is 932. The van der Waals surface area contributed by atoms with E-state index in [2.05, 4.69) is 27.9 Å². The van der Waals surface area contributed by atoms with Gasteiger partial charge in [0.2, 0.25) is 0 Å². The van der Waals surface area contributed by atoms with E-state index in [1.165, 1.54) is 13.0 Å². The Morgan fingerprint density at radius 2 is 2.00 bits per heavy atom. The van der Waals surface area contributed by atoms with Crippen molar-refractivity contribution in [2.24, 2.45) is 0 Å². The molecule has 0 spiro atoms. The maximum atomic E-state index is 12.4. The maximum Gasteiger partial charge on any atom is 0.308 e. The van der Waals surface area contributed by atoms with Crippen molar-refractivity contribution in [3.8, 4) is 17.6 Å². The van der Waals surface area contributed by atoms with Gasteiger partial charge < -0.3 is 14.8 Å². The molecule has 27 heavy (non-hydrogen) atoms. The fraction of sp³-hybridized carbons (Fsp3) is 0.150. The fourth-order valence-corrected chi connectivity index (χ4v) is 2.74. The molecule has 0 bridgehead atoms. The van der Waals surface area contributed by atoms with Gasteiger partial charge in [-0.1, -0.05) is 12.1 Å².